The second-order valence-electron chi connectivity index (χ2n) is 3.24. The molecule has 0 aliphatic heterocycles. The topological polar surface area (TPSA) is 123 Å². The maximum atomic E-state index is 11.7. The van der Waals surface area contributed by atoms with Crippen molar-refractivity contribution in [2.75, 3.05) is 18.1 Å². The molecule has 18 heavy (non-hydrogen) atoms. The van der Waals surface area contributed by atoms with E-state index < -0.39 is 0 Å². The summed E-state index contributed by atoms with van der Waals surface area (Å²) in [5.74, 6) is -0.157. The monoisotopic (exact) mass is 270 g/mol. The van der Waals surface area contributed by atoms with Gasteiger partial charge in [0.1, 0.15) is 5.75 Å². The molecule has 1 rings (SSSR count). The molecule has 7 nitrogen and oxygen atoms in total. The third kappa shape index (κ3) is 3.62. The third-order valence-corrected chi connectivity index (χ3v) is 2.78. The van der Waals surface area contributed by atoms with Gasteiger partial charge in [-0.15, -0.1) is 0 Å². The van der Waals surface area contributed by atoms with E-state index in [4.69, 9.17) is 21.1 Å². The van der Waals surface area contributed by atoms with Crippen LogP contribution in [-0.4, -0.2) is 29.0 Å². The Morgan fingerprint density at radius 1 is 1.67 bits per heavy atom. The van der Waals surface area contributed by atoms with Crippen molar-refractivity contribution in [3.8, 4) is 5.75 Å². The number of Topliss-reactive ketones (excluding diaryl/α,β-unsaturated/α-hetero) is 1. The highest BCUT2D eigenvalue weighted by atomic mass is 32.2. The lowest BCUT2D eigenvalue weighted by Crippen LogP contribution is -2.12. The van der Waals surface area contributed by atoms with E-state index in [1.54, 1.807) is 0 Å². The van der Waals surface area contributed by atoms with E-state index in [0.717, 1.165) is 11.8 Å². The standard InChI is InChI=1S/C10H12N3O4S/c1-17-9-3-2-6(4-7(9)13(15)16)8(14)5-18-10(11)12/h2-4,15H,5H2,1H3,(H3,11,12)/q-1. The van der Waals surface area contributed by atoms with Gasteiger partial charge in [-0.05, 0) is 18.2 Å². The minimum absolute atomic E-state index is 0.00854. The molecule has 98 valence electrons. The zero-order valence-electron chi connectivity index (χ0n) is 9.54. The van der Waals surface area contributed by atoms with E-state index in [1.165, 1.54) is 25.3 Å². The first-order valence-electron chi connectivity index (χ1n) is 4.80. The maximum absolute atomic E-state index is 11.7. The summed E-state index contributed by atoms with van der Waals surface area (Å²) in [6, 6.07) is 4.09. The summed E-state index contributed by atoms with van der Waals surface area (Å²) in [4.78, 5) is 11.7. The largest absolute Gasteiger partial charge is 0.733 e. The number of methoxy groups -OCH3 is 1. The van der Waals surface area contributed by atoms with Crippen LogP contribution in [0.25, 0.3) is 0 Å². The van der Waals surface area contributed by atoms with Crippen molar-refractivity contribution in [1.82, 2.24) is 0 Å². The number of carbonyl (C=O) groups excluding carboxylic acids is 1. The SMILES string of the molecule is COc1ccc(C(=O)CSC(=N)N)cc1N([O-])O. The summed E-state index contributed by atoms with van der Waals surface area (Å²) in [7, 11) is 1.34. The minimum atomic E-state index is -0.367. The van der Waals surface area contributed by atoms with E-state index in [1.807, 2.05) is 0 Å². The fraction of sp³-hybridized carbons (Fsp3) is 0.200. The molecule has 0 aliphatic rings. The maximum Gasteiger partial charge on any atom is 0.173 e. The molecule has 0 fully saturated rings. The van der Waals surface area contributed by atoms with Crippen LogP contribution in [0.1, 0.15) is 10.4 Å². The molecule has 1 aromatic carbocycles. The van der Waals surface area contributed by atoms with Crippen LogP contribution < -0.4 is 15.7 Å². The molecule has 0 spiro atoms. The van der Waals surface area contributed by atoms with Gasteiger partial charge in [0.05, 0.1) is 18.6 Å². The number of carbonyl (C=O) groups is 1. The summed E-state index contributed by atoms with van der Waals surface area (Å²) in [6.07, 6.45) is 0. The summed E-state index contributed by atoms with van der Waals surface area (Å²) in [6.45, 7) is 0. The number of nitrogens with two attached hydrogens (primary N) is 1. The fourth-order valence-corrected chi connectivity index (χ4v) is 1.69. The number of nitrogens with zero attached hydrogens (tertiary/aromatic N) is 1. The number of hydrogen-bond acceptors (Lipinski definition) is 7. The van der Waals surface area contributed by atoms with Gasteiger partial charge in [0.25, 0.3) is 0 Å². The quantitative estimate of drug-likeness (QED) is 0.318. The van der Waals surface area contributed by atoms with Crippen molar-refractivity contribution < 1.29 is 14.7 Å². The number of hydrogen-bond donors (Lipinski definition) is 3. The fourth-order valence-electron chi connectivity index (χ4n) is 1.24. The Hall–Kier alpha value is -1.77. The summed E-state index contributed by atoms with van der Waals surface area (Å²) in [5, 5.41) is 26.2. The highest BCUT2D eigenvalue weighted by Crippen LogP contribution is 2.28. The Bertz CT molecular complexity index is 464. The third-order valence-electron chi connectivity index (χ3n) is 2.07. The zero-order chi connectivity index (χ0) is 13.7. The number of nitrogens with one attached hydrogen (secondary N) is 1. The average Bonchev–Trinajstić information content (AvgIpc) is 2.34. The number of amidine groups is 1. The number of anilines is 1. The van der Waals surface area contributed by atoms with Crippen LogP contribution in [-0.2, 0) is 0 Å². The van der Waals surface area contributed by atoms with Crippen LogP contribution in [0, 0.1) is 10.6 Å². The molecule has 4 N–H and O–H groups in total. The van der Waals surface area contributed by atoms with Crippen molar-refractivity contribution in [2.24, 2.45) is 5.73 Å². The second kappa shape index (κ2) is 6.24. The Kier molecular flexibility index (Phi) is 4.95. The van der Waals surface area contributed by atoms with Gasteiger partial charge in [0.2, 0.25) is 0 Å². The van der Waals surface area contributed by atoms with E-state index in [2.05, 4.69) is 0 Å². The number of rotatable bonds is 5. The van der Waals surface area contributed by atoms with Gasteiger partial charge in [0, 0.05) is 5.56 Å². The van der Waals surface area contributed by atoms with Gasteiger partial charge in [-0.1, -0.05) is 11.8 Å². The number of benzene rings is 1. The highest BCUT2D eigenvalue weighted by Gasteiger charge is 2.11. The highest BCUT2D eigenvalue weighted by molar-refractivity contribution is 8.14. The van der Waals surface area contributed by atoms with Crippen LogP contribution in [0.2, 0.25) is 0 Å². The molecule has 0 saturated heterocycles. The molecular weight excluding hydrogens is 258 g/mol. The predicted octanol–water partition coefficient (Wildman–Crippen LogP) is 1.20. The Labute approximate surface area is 108 Å². The molecule has 0 atom stereocenters. The molecule has 0 amide bonds. The average molecular weight is 270 g/mol. The molecule has 8 heteroatoms. The molecule has 0 radical (unpaired) electrons. The number of thioether (sulfide) groups is 1. The van der Waals surface area contributed by atoms with Crippen molar-refractivity contribution in [1.29, 1.82) is 5.41 Å². The van der Waals surface area contributed by atoms with E-state index in [-0.39, 0.29) is 38.9 Å². The van der Waals surface area contributed by atoms with Gasteiger partial charge in [0.15, 0.2) is 11.0 Å². The van der Waals surface area contributed by atoms with Crippen molar-refractivity contribution in [3.05, 3.63) is 29.0 Å². The van der Waals surface area contributed by atoms with Gasteiger partial charge < -0.3 is 20.9 Å². The van der Waals surface area contributed by atoms with E-state index in [0.29, 0.717) is 0 Å². The lowest BCUT2D eigenvalue weighted by molar-refractivity contribution is 0.102. The molecule has 0 saturated carbocycles. The second-order valence-corrected chi connectivity index (χ2v) is 4.25. The van der Waals surface area contributed by atoms with Gasteiger partial charge in [-0.25, -0.2) is 0 Å². The summed E-state index contributed by atoms with van der Waals surface area (Å²) >= 11 is 0.884. The number of ketones is 1. The Balaban J connectivity index is 2.93. The number of ether oxygens (including phenoxy) is 1. The Morgan fingerprint density at radius 3 is 2.83 bits per heavy atom. The summed E-state index contributed by atoms with van der Waals surface area (Å²) in [5.41, 5.74) is 5.19. The van der Waals surface area contributed by atoms with Crippen molar-refractivity contribution >= 4 is 28.4 Å². The van der Waals surface area contributed by atoms with Crippen LogP contribution in [0.3, 0.4) is 0 Å². The van der Waals surface area contributed by atoms with Crippen molar-refractivity contribution in [3.63, 3.8) is 0 Å². The van der Waals surface area contributed by atoms with Gasteiger partial charge >= 0.3 is 0 Å². The smallest absolute Gasteiger partial charge is 0.173 e. The first-order chi connectivity index (χ1) is 8.45. The van der Waals surface area contributed by atoms with E-state index in [9.17, 15) is 10.0 Å². The van der Waals surface area contributed by atoms with Gasteiger partial charge in [-0.3, -0.25) is 15.4 Å². The van der Waals surface area contributed by atoms with Crippen LogP contribution >= 0.6 is 11.8 Å². The minimum Gasteiger partial charge on any atom is -0.733 e. The molecular formula is C10H12N3O4S-. The Morgan fingerprint density at radius 2 is 2.33 bits per heavy atom. The van der Waals surface area contributed by atoms with Crippen molar-refractivity contribution in [2.45, 2.75) is 0 Å². The van der Waals surface area contributed by atoms with E-state index >= 15 is 0 Å². The molecule has 0 aliphatic carbocycles. The lowest BCUT2D eigenvalue weighted by atomic mass is 10.1. The first kappa shape index (κ1) is 14.3. The molecule has 0 unspecified atom stereocenters. The van der Waals surface area contributed by atoms with Gasteiger partial charge in [-0.2, -0.15) is 0 Å². The van der Waals surface area contributed by atoms with Crippen LogP contribution in [0.15, 0.2) is 18.2 Å². The predicted molar refractivity (Wildman–Crippen MR) is 69.3 cm³/mol. The summed E-state index contributed by atoms with van der Waals surface area (Å²) < 4.78 is 4.87. The molecule has 0 bridgehead atoms. The van der Waals surface area contributed by atoms with Crippen LogP contribution in [0.4, 0.5) is 5.69 Å². The molecule has 0 aromatic heterocycles. The molecule has 0 heterocycles. The normalized spacial score (nSPS) is 9.94. The first-order valence-corrected chi connectivity index (χ1v) is 5.78. The zero-order valence-corrected chi connectivity index (χ0v) is 10.4. The van der Waals surface area contributed by atoms with Crippen LogP contribution in [0.5, 0.6) is 5.75 Å². The molecule has 1 aromatic rings. The lowest BCUT2D eigenvalue weighted by Gasteiger charge is -2.24.